The van der Waals surface area contributed by atoms with Crippen molar-refractivity contribution in [2.24, 2.45) is 5.92 Å². The van der Waals surface area contributed by atoms with Crippen molar-refractivity contribution in [3.05, 3.63) is 41.4 Å². The molecule has 0 atom stereocenters. The number of nitrogens with one attached hydrogen (secondary N) is 1. The van der Waals surface area contributed by atoms with Crippen LogP contribution in [0, 0.1) is 19.8 Å². The smallest absolute Gasteiger partial charge is 0.232 e. The molecule has 1 aliphatic rings. The summed E-state index contributed by atoms with van der Waals surface area (Å²) in [4.78, 5) is 28.4. The molecule has 0 aliphatic carbocycles. The maximum atomic E-state index is 12.3. The van der Waals surface area contributed by atoms with Crippen LogP contribution in [0.1, 0.15) is 10.6 Å². The largest absolute Gasteiger partial charge is 0.355 e. The molecule has 0 unspecified atom stereocenters. The number of aryl methyl sites for hydroxylation is 2. The molecule has 1 aliphatic heterocycles. The Hall–Kier alpha value is -2.81. The van der Waals surface area contributed by atoms with Gasteiger partial charge in [-0.05, 0) is 19.9 Å². The standard InChI is InChI=1S/C16H17N7OS/c1-10-11(2)25-16(20-10)21-15(24)12-7-22(8-12)13-6-14(18-9-17-13)23-5-3-4-19-23/h3-6,9,12H,7-8H2,1-2H3,(H,20,21,24). The number of carbonyl (C=O) groups is 1. The zero-order valence-electron chi connectivity index (χ0n) is 13.9. The van der Waals surface area contributed by atoms with Crippen LogP contribution < -0.4 is 10.2 Å². The molecular formula is C16H17N7OS. The molecule has 1 amide bonds. The van der Waals surface area contributed by atoms with Gasteiger partial charge in [0.1, 0.15) is 12.1 Å². The number of hydrogen-bond acceptors (Lipinski definition) is 7. The number of hydrogen-bond donors (Lipinski definition) is 1. The maximum absolute atomic E-state index is 12.3. The molecule has 4 rings (SSSR count). The summed E-state index contributed by atoms with van der Waals surface area (Å²) in [5.41, 5.74) is 0.961. The van der Waals surface area contributed by atoms with Crippen LogP contribution in [0.4, 0.5) is 10.9 Å². The number of carbonyl (C=O) groups excluding carboxylic acids is 1. The molecule has 0 bridgehead atoms. The number of amides is 1. The molecule has 3 aromatic heterocycles. The molecule has 128 valence electrons. The van der Waals surface area contributed by atoms with Gasteiger partial charge in [0.05, 0.1) is 11.6 Å². The zero-order valence-corrected chi connectivity index (χ0v) is 14.7. The minimum Gasteiger partial charge on any atom is -0.355 e. The molecule has 0 saturated carbocycles. The summed E-state index contributed by atoms with van der Waals surface area (Å²) in [6.45, 7) is 5.20. The van der Waals surface area contributed by atoms with Crippen LogP contribution in [-0.2, 0) is 4.79 Å². The molecule has 3 aromatic rings. The van der Waals surface area contributed by atoms with Gasteiger partial charge < -0.3 is 10.2 Å². The fourth-order valence-electron chi connectivity index (χ4n) is 2.60. The summed E-state index contributed by atoms with van der Waals surface area (Å²) in [5, 5.41) is 7.74. The third-order valence-electron chi connectivity index (χ3n) is 4.21. The first-order valence-electron chi connectivity index (χ1n) is 7.92. The van der Waals surface area contributed by atoms with Crippen LogP contribution in [-0.4, -0.2) is 43.7 Å². The van der Waals surface area contributed by atoms with E-state index in [2.05, 4.69) is 30.3 Å². The van der Waals surface area contributed by atoms with Crippen LogP contribution >= 0.6 is 11.3 Å². The van der Waals surface area contributed by atoms with Crippen LogP contribution in [0.2, 0.25) is 0 Å². The van der Waals surface area contributed by atoms with E-state index in [-0.39, 0.29) is 11.8 Å². The van der Waals surface area contributed by atoms with Gasteiger partial charge in [0.15, 0.2) is 10.9 Å². The van der Waals surface area contributed by atoms with Gasteiger partial charge in [-0.25, -0.2) is 19.6 Å². The molecule has 0 radical (unpaired) electrons. The highest BCUT2D eigenvalue weighted by molar-refractivity contribution is 7.15. The molecular weight excluding hydrogens is 338 g/mol. The number of thiazole rings is 1. The van der Waals surface area contributed by atoms with E-state index in [1.807, 2.05) is 32.2 Å². The fraction of sp³-hybridized carbons (Fsp3) is 0.312. The summed E-state index contributed by atoms with van der Waals surface area (Å²) >= 11 is 1.51. The minimum absolute atomic E-state index is 0.00589. The summed E-state index contributed by atoms with van der Waals surface area (Å²) in [7, 11) is 0. The van der Waals surface area contributed by atoms with Gasteiger partial charge in [-0.2, -0.15) is 5.10 Å². The normalized spacial score (nSPS) is 14.4. The monoisotopic (exact) mass is 355 g/mol. The lowest BCUT2D eigenvalue weighted by Gasteiger charge is -2.38. The van der Waals surface area contributed by atoms with Crippen molar-refractivity contribution in [2.75, 3.05) is 23.3 Å². The molecule has 0 spiro atoms. The first-order valence-corrected chi connectivity index (χ1v) is 8.73. The van der Waals surface area contributed by atoms with Crippen LogP contribution in [0.25, 0.3) is 5.82 Å². The van der Waals surface area contributed by atoms with Crippen molar-refractivity contribution >= 4 is 28.2 Å². The molecule has 4 heterocycles. The molecule has 25 heavy (non-hydrogen) atoms. The van der Waals surface area contributed by atoms with Crippen LogP contribution in [0.15, 0.2) is 30.9 Å². The van der Waals surface area contributed by atoms with Crippen molar-refractivity contribution in [1.82, 2.24) is 24.7 Å². The third-order valence-corrected chi connectivity index (χ3v) is 5.20. The molecule has 0 aromatic carbocycles. The van der Waals surface area contributed by atoms with E-state index >= 15 is 0 Å². The zero-order chi connectivity index (χ0) is 17.4. The van der Waals surface area contributed by atoms with Crippen molar-refractivity contribution in [1.29, 1.82) is 0 Å². The highest BCUT2D eigenvalue weighted by Gasteiger charge is 2.34. The Morgan fingerprint density at radius 3 is 2.76 bits per heavy atom. The lowest BCUT2D eigenvalue weighted by Crippen LogP contribution is -2.52. The second-order valence-corrected chi connectivity index (χ2v) is 7.14. The van der Waals surface area contributed by atoms with Gasteiger partial charge in [-0.1, -0.05) is 0 Å². The van der Waals surface area contributed by atoms with E-state index in [9.17, 15) is 4.79 Å². The summed E-state index contributed by atoms with van der Waals surface area (Å²) < 4.78 is 1.68. The SMILES string of the molecule is Cc1nc(NC(=O)C2CN(c3cc(-n4cccn4)ncn3)C2)sc1C. The Bertz CT molecular complexity index is 880. The second-order valence-electron chi connectivity index (χ2n) is 5.94. The van der Waals surface area contributed by atoms with Crippen molar-refractivity contribution < 1.29 is 4.79 Å². The van der Waals surface area contributed by atoms with Gasteiger partial charge in [0.2, 0.25) is 5.91 Å². The maximum Gasteiger partial charge on any atom is 0.232 e. The van der Waals surface area contributed by atoms with Crippen LogP contribution in [0.3, 0.4) is 0 Å². The fourth-order valence-corrected chi connectivity index (χ4v) is 3.42. The van der Waals surface area contributed by atoms with Crippen LogP contribution in [0.5, 0.6) is 0 Å². The van der Waals surface area contributed by atoms with E-state index in [1.54, 1.807) is 10.9 Å². The first-order chi connectivity index (χ1) is 12.1. The van der Waals surface area contributed by atoms with Crippen molar-refractivity contribution in [2.45, 2.75) is 13.8 Å². The summed E-state index contributed by atoms with van der Waals surface area (Å²) in [5.74, 6) is 1.45. The third kappa shape index (κ3) is 3.10. The summed E-state index contributed by atoms with van der Waals surface area (Å²) in [6.07, 6.45) is 5.05. The molecule has 1 N–H and O–H groups in total. The molecule has 1 saturated heterocycles. The van der Waals surface area contributed by atoms with Gasteiger partial charge in [0, 0.05) is 36.4 Å². The molecule has 8 nitrogen and oxygen atoms in total. The first kappa shape index (κ1) is 15.7. The van der Waals surface area contributed by atoms with Crippen molar-refractivity contribution in [3.63, 3.8) is 0 Å². The topological polar surface area (TPSA) is 88.8 Å². The molecule has 1 fully saturated rings. The van der Waals surface area contributed by atoms with Crippen molar-refractivity contribution in [3.8, 4) is 5.82 Å². The number of aromatic nitrogens is 5. The van der Waals surface area contributed by atoms with Gasteiger partial charge >= 0.3 is 0 Å². The number of nitrogens with zero attached hydrogens (tertiary/aromatic N) is 6. The number of rotatable bonds is 4. The van der Waals surface area contributed by atoms with Gasteiger partial charge in [-0.15, -0.1) is 11.3 Å². The molecule has 9 heteroatoms. The van der Waals surface area contributed by atoms with E-state index < -0.39 is 0 Å². The predicted octanol–water partition coefficient (Wildman–Crippen LogP) is 1.81. The predicted molar refractivity (Wildman–Crippen MR) is 95.1 cm³/mol. The number of anilines is 2. The van der Waals surface area contributed by atoms with Gasteiger partial charge in [-0.3, -0.25) is 4.79 Å². The Kier molecular flexibility index (Phi) is 3.92. The Morgan fingerprint density at radius 1 is 1.28 bits per heavy atom. The average molecular weight is 355 g/mol. The Balaban J connectivity index is 1.38. The summed E-state index contributed by atoms with van der Waals surface area (Å²) in [6, 6.07) is 3.71. The Labute approximate surface area is 148 Å². The van der Waals surface area contributed by atoms with E-state index in [0.29, 0.717) is 24.0 Å². The van der Waals surface area contributed by atoms with E-state index in [0.717, 1.165) is 16.4 Å². The van der Waals surface area contributed by atoms with E-state index in [4.69, 9.17) is 0 Å². The average Bonchev–Trinajstić information content (AvgIpc) is 3.17. The second kappa shape index (κ2) is 6.25. The van der Waals surface area contributed by atoms with E-state index in [1.165, 1.54) is 17.7 Å². The quantitative estimate of drug-likeness (QED) is 0.768. The lowest BCUT2D eigenvalue weighted by molar-refractivity contribution is -0.120. The lowest BCUT2D eigenvalue weighted by atomic mass is 9.99. The minimum atomic E-state index is -0.0624. The highest BCUT2D eigenvalue weighted by atomic mass is 32.1. The van der Waals surface area contributed by atoms with Gasteiger partial charge in [0.25, 0.3) is 0 Å². The Morgan fingerprint density at radius 2 is 2.08 bits per heavy atom. The highest BCUT2D eigenvalue weighted by Crippen LogP contribution is 2.26.